The summed E-state index contributed by atoms with van der Waals surface area (Å²) in [6.07, 6.45) is 2.64. The van der Waals surface area contributed by atoms with Crippen molar-refractivity contribution in [1.82, 2.24) is 5.32 Å². The van der Waals surface area contributed by atoms with Gasteiger partial charge in [0.15, 0.2) is 0 Å². The average molecular weight is 205 g/mol. The number of carboxylic acids is 1. The Labute approximate surface area is 84.3 Å². The van der Waals surface area contributed by atoms with Crippen molar-refractivity contribution in [3.8, 4) is 0 Å². The van der Waals surface area contributed by atoms with E-state index in [-0.39, 0.29) is 6.04 Å². The van der Waals surface area contributed by atoms with Gasteiger partial charge >= 0.3 is 5.97 Å². The number of hydrogen-bond donors (Lipinski definition) is 2. The summed E-state index contributed by atoms with van der Waals surface area (Å²) < 4.78 is 0. The maximum Gasteiger partial charge on any atom is 0.323 e. The minimum absolute atomic E-state index is 0.197. The minimum Gasteiger partial charge on any atom is -0.480 e. The van der Waals surface area contributed by atoms with E-state index in [0.29, 0.717) is 6.42 Å². The molecule has 0 aliphatic rings. The second-order valence-electron chi connectivity index (χ2n) is 3.68. The molecule has 1 atom stereocenters. The van der Waals surface area contributed by atoms with Crippen molar-refractivity contribution < 1.29 is 9.90 Å². The van der Waals surface area contributed by atoms with Gasteiger partial charge in [-0.2, -0.15) is 11.8 Å². The van der Waals surface area contributed by atoms with Gasteiger partial charge in [0, 0.05) is 6.04 Å². The molecule has 0 rings (SSSR count). The van der Waals surface area contributed by atoms with E-state index in [4.69, 9.17) is 5.11 Å². The molecule has 0 aliphatic carbocycles. The molecule has 0 fully saturated rings. The summed E-state index contributed by atoms with van der Waals surface area (Å²) >= 11 is 1.67. The highest BCUT2D eigenvalue weighted by Gasteiger charge is 2.32. The van der Waals surface area contributed by atoms with Crippen LogP contribution in [0.4, 0.5) is 0 Å². The number of aliphatic carboxylic acids is 1. The molecule has 1 unspecified atom stereocenters. The van der Waals surface area contributed by atoms with Crippen LogP contribution in [0.15, 0.2) is 0 Å². The van der Waals surface area contributed by atoms with Gasteiger partial charge in [-0.3, -0.25) is 10.1 Å². The van der Waals surface area contributed by atoms with Crippen LogP contribution in [0, 0.1) is 0 Å². The summed E-state index contributed by atoms with van der Waals surface area (Å²) in [6, 6.07) is 0.197. The minimum atomic E-state index is -0.781. The quantitative estimate of drug-likeness (QED) is 0.691. The summed E-state index contributed by atoms with van der Waals surface area (Å²) in [6.45, 7) is 5.66. The predicted octanol–water partition coefficient (Wildman–Crippen LogP) is 1.58. The van der Waals surface area contributed by atoms with E-state index in [2.05, 4.69) is 5.32 Å². The van der Waals surface area contributed by atoms with Crippen LogP contribution < -0.4 is 5.32 Å². The molecule has 0 bridgehead atoms. The summed E-state index contributed by atoms with van der Waals surface area (Å²) in [7, 11) is 0. The summed E-state index contributed by atoms with van der Waals surface area (Å²) in [5.41, 5.74) is -0.781. The standard InChI is InChI=1S/C9H19NO2S/c1-7(2)10-9(3,8(11)12)5-6-13-4/h7,10H,5-6H2,1-4H3,(H,11,12). The van der Waals surface area contributed by atoms with Crippen molar-refractivity contribution in [3.63, 3.8) is 0 Å². The molecule has 3 nitrogen and oxygen atoms in total. The third kappa shape index (κ3) is 4.52. The van der Waals surface area contributed by atoms with Crippen LogP contribution in [0.25, 0.3) is 0 Å². The second kappa shape index (κ2) is 5.50. The molecule has 0 aromatic rings. The lowest BCUT2D eigenvalue weighted by Gasteiger charge is -2.28. The summed E-state index contributed by atoms with van der Waals surface area (Å²) in [4.78, 5) is 11.0. The fourth-order valence-corrected chi connectivity index (χ4v) is 1.80. The third-order valence-corrected chi connectivity index (χ3v) is 2.50. The van der Waals surface area contributed by atoms with Gasteiger partial charge in [0.2, 0.25) is 0 Å². The smallest absolute Gasteiger partial charge is 0.323 e. The zero-order valence-corrected chi connectivity index (χ0v) is 9.57. The van der Waals surface area contributed by atoms with Gasteiger partial charge in [0.05, 0.1) is 0 Å². The maximum absolute atomic E-state index is 11.0. The first kappa shape index (κ1) is 12.8. The Morgan fingerprint density at radius 2 is 2.15 bits per heavy atom. The molecule has 0 saturated heterocycles. The molecule has 4 heteroatoms. The van der Waals surface area contributed by atoms with Crippen molar-refractivity contribution in [2.24, 2.45) is 0 Å². The Bertz CT molecular complexity index is 173. The lowest BCUT2D eigenvalue weighted by Crippen LogP contribution is -2.52. The average Bonchev–Trinajstić information content (AvgIpc) is 1.99. The van der Waals surface area contributed by atoms with Gasteiger partial charge < -0.3 is 5.11 Å². The van der Waals surface area contributed by atoms with Crippen molar-refractivity contribution >= 4 is 17.7 Å². The topological polar surface area (TPSA) is 49.3 Å². The first-order valence-electron chi connectivity index (χ1n) is 4.42. The van der Waals surface area contributed by atoms with Gasteiger partial charge in [0.25, 0.3) is 0 Å². The molecule has 0 aromatic carbocycles. The van der Waals surface area contributed by atoms with Gasteiger partial charge in [-0.25, -0.2) is 0 Å². The van der Waals surface area contributed by atoms with Crippen LogP contribution >= 0.6 is 11.8 Å². The van der Waals surface area contributed by atoms with E-state index in [1.807, 2.05) is 20.1 Å². The van der Waals surface area contributed by atoms with E-state index in [1.54, 1.807) is 18.7 Å². The number of carboxylic acid groups (broad SMARTS) is 1. The first-order valence-corrected chi connectivity index (χ1v) is 5.82. The number of rotatable bonds is 6. The van der Waals surface area contributed by atoms with Crippen LogP contribution in [-0.2, 0) is 4.79 Å². The van der Waals surface area contributed by atoms with Crippen LogP contribution in [0.2, 0.25) is 0 Å². The van der Waals surface area contributed by atoms with Crippen LogP contribution in [-0.4, -0.2) is 34.7 Å². The molecule has 13 heavy (non-hydrogen) atoms. The van der Waals surface area contributed by atoms with Crippen LogP contribution in [0.3, 0.4) is 0 Å². The Hall–Kier alpha value is -0.220. The Morgan fingerprint density at radius 1 is 1.62 bits per heavy atom. The molecule has 0 aliphatic heterocycles. The molecule has 0 spiro atoms. The highest BCUT2D eigenvalue weighted by molar-refractivity contribution is 7.98. The molecule has 0 aromatic heterocycles. The van der Waals surface area contributed by atoms with Gasteiger partial charge in [-0.15, -0.1) is 0 Å². The highest BCUT2D eigenvalue weighted by Crippen LogP contribution is 2.14. The zero-order chi connectivity index (χ0) is 10.5. The van der Waals surface area contributed by atoms with E-state index in [0.717, 1.165) is 5.75 Å². The molecule has 2 N–H and O–H groups in total. The number of carbonyl (C=O) groups is 1. The van der Waals surface area contributed by atoms with Crippen molar-refractivity contribution in [2.75, 3.05) is 12.0 Å². The highest BCUT2D eigenvalue weighted by atomic mass is 32.2. The largest absolute Gasteiger partial charge is 0.480 e. The van der Waals surface area contributed by atoms with Crippen LogP contribution in [0.1, 0.15) is 27.2 Å². The maximum atomic E-state index is 11.0. The monoisotopic (exact) mass is 205 g/mol. The second-order valence-corrected chi connectivity index (χ2v) is 4.66. The molecular formula is C9H19NO2S. The Balaban J connectivity index is 4.25. The molecule has 78 valence electrons. The molecule has 0 amide bonds. The Kier molecular flexibility index (Phi) is 5.40. The fourth-order valence-electron chi connectivity index (χ4n) is 1.18. The summed E-state index contributed by atoms with van der Waals surface area (Å²) in [5, 5.41) is 12.1. The summed E-state index contributed by atoms with van der Waals surface area (Å²) in [5.74, 6) is 0.0953. The van der Waals surface area contributed by atoms with Crippen LogP contribution in [0.5, 0.6) is 0 Å². The van der Waals surface area contributed by atoms with E-state index < -0.39 is 11.5 Å². The molecule has 0 saturated carbocycles. The zero-order valence-electron chi connectivity index (χ0n) is 8.76. The predicted molar refractivity (Wildman–Crippen MR) is 57.3 cm³/mol. The van der Waals surface area contributed by atoms with Gasteiger partial charge in [0.1, 0.15) is 5.54 Å². The number of nitrogens with one attached hydrogen (secondary N) is 1. The molecule has 0 heterocycles. The third-order valence-electron chi connectivity index (χ3n) is 1.89. The Morgan fingerprint density at radius 3 is 2.46 bits per heavy atom. The van der Waals surface area contributed by atoms with E-state index in [1.165, 1.54) is 0 Å². The normalized spacial score (nSPS) is 15.8. The first-order chi connectivity index (χ1) is 5.92. The van der Waals surface area contributed by atoms with Gasteiger partial charge in [-0.1, -0.05) is 0 Å². The van der Waals surface area contributed by atoms with Gasteiger partial charge in [-0.05, 0) is 39.2 Å². The molecular weight excluding hydrogens is 186 g/mol. The SMILES string of the molecule is CSCCC(C)(NC(C)C)C(=O)O. The lowest BCUT2D eigenvalue weighted by molar-refractivity contribution is -0.144. The fraction of sp³-hybridized carbons (Fsp3) is 0.889. The number of thioether (sulfide) groups is 1. The number of hydrogen-bond acceptors (Lipinski definition) is 3. The molecule has 0 radical (unpaired) electrons. The van der Waals surface area contributed by atoms with E-state index in [9.17, 15) is 4.79 Å². The lowest BCUT2D eigenvalue weighted by atomic mass is 9.98. The van der Waals surface area contributed by atoms with E-state index >= 15 is 0 Å². The van der Waals surface area contributed by atoms with Crippen molar-refractivity contribution in [3.05, 3.63) is 0 Å². The van der Waals surface area contributed by atoms with Crippen molar-refractivity contribution in [2.45, 2.75) is 38.8 Å². The van der Waals surface area contributed by atoms with Crippen molar-refractivity contribution in [1.29, 1.82) is 0 Å².